The van der Waals surface area contributed by atoms with Crippen molar-refractivity contribution in [3.63, 3.8) is 0 Å². The van der Waals surface area contributed by atoms with Crippen LogP contribution in [0.2, 0.25) is 0 Å². The Bertz CT molecular complexity index is 341. The van der Waals surface area contributed by atoms with E-state index in [1.807, 2.05) is 0 Å². The molecule has 0 aromatic carbocycles. The van der Waals surface area contributed by atoms with E-state index < -0.39 is 41.9 Å². The second-order valence-corrected chi connectivity index (χ2v) is 3.02. The second kappa shape index (κ2) is 5.11. The topological polar surface area (TPSA) is 74.6 Å². The van der Waals surface area contributed by atoms with Crippen LogP contribution in [-0.4, -0.2) is 40.7 Å². The fourth-order valence-corrected chi connectivity index (χ4v) is 0.926. The fourth-order valence-electron chi connectivity index (χ4n) is 0.926. The van der Waals surface area contributed by atoms with E-state index in [0.717, 1.165) is 0 Å². The molecular formula is C8H7F5O4. The van der Waals surface area contributed by atoms with E-state index in [-0.39, 0.29) is 0 Å². The molecular weight excluding hydrogens is 255 g/mol. The lowest BCUT2D eigenvalue weighted by Crippen LogP contribution is -2.46. The smallest absolute Gasteiger partial charge is 0.339 e. The van der Waals surface area contributed by atoms with Crippen molar-refractivity contribution >= 4 is 11.9 Å². The zero-order valence-corrected chi connectivity index (χ0v) is 8.04. The van der Waals surface area contributed by atoms with E-state index in [4.69, 9.17) is 10.2 Å². The standard InChI is InChI=1S/C8H7F5O4/c1-2(5(14)15)3(6(16)17)4(9)8(12,13)7(10)11/h3-4,7H,1H2,(H,14,15)(H,16,17). The molecule has 2 N–H and O–H groups in total. The summed E-state index contributed by atoms with van der Waals surface area (Å²) >= 11 is 0. The van der Waals surface area contributed by atoms with Crippen molar-refractivity contribution in [1.29, 1.82) is 0 Å². The average molecular weight is 262 g/mol. The van der Waals surface area contributed by atoms with Gasteiger partial charge in [-0.1, -0.05) is 6.58 Å². The number of carboxylic acid groups (broad SMARTS) is 2. The highest BCUT2D eigenvalue weighted by Gasteiger charge is 2.56. The molecule has 0 aliphatic carbocycles. The molecule has 0 bridgehead atoms. The quantitative estimate of drug-likeness (QED) is 0.562. The van der Waals surface area contributed by atoms with Gasteiger partial charge < -0.3 is 10.2 Å². The number of rotatable bonds is 6. The summed E-state index contributed by atoms with van der Waals surface area (Å²) in [7, 11) is 0. The van der Waals surface area contributed by atoms with E-state index in [2.05, 4.69) is 6.58 Å². The minimum absolute atomic E-state index is 1.44. The summed E-state index contributed by atoms with van der Waals surface area (Å²) in [5.74, 6) is -12.6. The summed E-state index contributed by atoms with van der Waals surface area (Å²) in [6.07, 6.45) is -8.34. The molecule has 4 nitrogen and oxygen atoms in total. The molecule has 0 heterocycles. The Hall–Kier alpha value is -1.67. The highest BCUT2D eigenvalue weighted by atomic mass is 19.3. The van der Waals surface area contributed by atoms with Gasteiger partial charge in [-0.25, -0.2) is 18.0 Å². The van der Waals surface area contributed by atoms with Crippen molar-refractivity contribution < 1.29 is 41.8 Å². The number of carboxylic acids is 2. The lowest BCUT2D eigenvalue weighted by atomic mass is 9.91. The van der Waals surface area contributed by atoms with E-state index in [1.165, 1.54) is 0 Å². The zero-order chi connectivity index (χ0) is 14.0. The summed E-state index contributed by atoms with van der Waals surface area (Å²) in [4.78, 5) is 20.7. The summed E-state index contributed by atoms with van der Waals surface area (Å²) in [5.41, 5.74) is -1.44. The Kier molecular flexibility index (Phi) is 4.60. The third-order valence-electron chi connectivity index (χ3n) is 1.87. The normalized spacial score (nSPS) is 15.4. The summed E-state index contributed by atoms with van der Waals surface area (Å²) < 4.78 is 61.7. The molecule has 0 aliphatic heterocycles. The van der Waals surface area contributed by atoms with Crippen molar-refractivity contribution in [2.75, 3.05) is 0 Å². The molecule has 98 valence electrons. The molecule has 0 spiro atoms. The maximum absolute atomic E-state index is 13.0. The first-order chi connectivity index (χ1) is 7.53. The Morgan fingerprint density at radius 3 is 1.76 bits per heavy atom. The number of alkyl halides is 5. The Labute approximate surface area is 91.3 Å². The van der Waals surface area contributed by atoms with Gasteiger partial charge in [0, 0.05) is 5.57 Å². The predicted octanol–water partition coefficient (Wildman–Crippen LogP) is 1.57. The molecule has 0 rings (SSSR count). The van der Waals surface area contributed by atoms with Crippen molar-refractivity contribution in [1.82, 2.24) is 0 Å². The molecule has 0 aliphatic rings. The van der Waals surface area contributed by atoms with Crippen LogP contribution in [0.3, 0.4) is 0 Å². The number of carbonyl (C=O) groups is 2. The molecule has 2 unspecified atom stereocenters. The average Bonchev–Trinajstić information content (AvgIpc) is 2.16. The molecule has 17 heavy (non-hydrogen) atoms. The summed E-state index contributed by atoms with van der Waals surface area (Å²) in [6, 6.07) is 0. The molecule has 0 saturated carbocycles. The van der Waals surface area contributed by atoms with Gasteiger partial charge in [-0.3, -0.25) is 4.79 Å². The van der Waals surface area contributed by atoms with Gasteiger partial charge in [-0.15, -0.1) is 0 Å². The van der Waals surface area contributed by atoms with Crippen LogP contribution in [-0.2, 0) is 9.59 Å². The van der Waals surface area contributed by atoms with E-state index in [1.54, 1.807) is 0 Å². The van der Waals surface area contributed by atoms with E-state index in [0.29, 0.717) is 0 Å². The van der Waals surface area contributed by atoms with Crippen molar-refractivity contribution in [2.24, 2.45) is 5.92 Å². The van der Waals surface area contributed by atoms with Gasteiger partial charge in [-0.2, -0.15) is 8.78 Å². The zero-order valence-electron chi connectivity index (χ0n) is 8.04. The first-order valence-electron chi connectivity index (χ1n) is 3.98. The molecule has 0 amide bonds. The van der Waals surface area contributed by atoms with Gasteiger partial charge in [0.05, 0.1) is 0 Å². The monoisotopic (exact) mass is 262 g/mol. The summed E-state index contributed by atoms with van der Waals surface area (Å²) in [5, 5.41) is 16.7. The molecule has 0 aromatic rings. The molecule has 0 aromatic heterocycles. The SMILES string of the molecule is C=C(C(=O)O)C(C(=O)O)C(F)C(F)(F)C(F)F. The van der Waals surface area contributed by atoms with E-state index in [9.17, 15) is 31.5 Å². The highest BCUT2D eigenvalue weighted by molar-refractivity contribution is 5.93. The van der Waals surface area contributed by atoms with Crippen molar-refractivity contribution in [2.45, 2.75) is 18.5 Å². The second-order valence-electron chi connectivity index (χ2n) is 3.02. The fraction of sp³-hybridized carbons (Fsp3) is 0.500. The van der Waals surface area contributed by atoms with Crippen LogP contribution >= 0.6 is 0 Å². The van der Waals surface area contributed by atoms with Gasteiger partial charge in [0.15, 0.2) is 6.17 Å². The Balaban J connectivity index is 5.30. The predicted molar refractivity (Wildman–Crippen MR) is 43.7 cm³/mol. The van der Waals surface area contributed by atoms with Crippen LogP contribution in [0.25, 0.3) is 0 Å². The first-order valence-corrected chi connectivity index (χ1v) is 3.98. The molecule has 2 atom stereocenters. The lowest BCUT2D eigenvalue weighted by Gasteiger charge is -2.24. The van der Waals surface area contributed by atoms with Gasteiger partial charge in [-0.05, 0) is 0 Å². The highest BCUT2D eigenvalue weighted by Crippen LogP contribution is 2.35. The Morgan fingerprint density at radius 1 is 1.12 bits per heavy atom. The van der Waals surface area contributed by atoms with Gasteiger partial charge in [0.25, 0.3) is 0 Å². The minimum atomic E-state index is -5.28. The van der Waals surface area contributed by atoms with Crippen LogP contribution < -0.4 is 0 Å². The van der Waals surface area contributed by atoms with Gasteiger partial charge in [0.1, 0.15) is 5.92 Å². The van der Waals surface area contributed by atoms with Crippen molar-refractivity contribution in [3.05, 3.63) is 12.2 Å². The van der Waals surface area contributed by atoms with Crippen LogP contribution in [0.15, 0.2) is 12.2 Å². The van der Waals surface area contributed by atoms with Gasteiger partial charge >= 0.3 is 24.3 Å². The molecule has 0 saturated heterocycles. The third kappa shape index (κ3) is 3.14. The van der Waals surface area contributed by atoms with E-state index >= 15 is 0 Å². The minimum Gasteiger partial charge on any atom is -0.481 e. The number of aliphatic carboxylic acids is 2. The molecule has 9 heteroatoms. The van der Waals surface area contributed by atoms with Crippen LogP contribution in [0.4, 0.5) is 22.0 Å². The Morgan fingerprint density at radius 2 is 1.53 bits per heavy atom. The maximum Gasteiger partial charge on any atom is 0.339 e. The maximum atomic E-state index is 13.0. The lowest BCUT2D eigenvalue weighted by molar-refractivity contribution is -0.188. The van der Waals surface area contributed by atoms with Crippen molar-refractivity contribution in [3.8, 4) is 0 Å². The third-order valence-corrected chi connectivity index (χ3v) is 1.87. The number of hydrogen-bond donors (Lipinski definition) is 2. The first kappa shape index (κ1) is 15.3. The number of hydrogen-bond acceptors (Lipinski definition) is 2. The van der Waals surface area contributed by atoms with Crippen LogP contribution in [0.1, 0.15) is 0 Å². The molecule has 0 fully saturated rings. The molecule has 0 radical (unpaired) electrons. The van der Waals surface area contributed by atoms with Crippen LogP contribution in [0, 0.1) is 5.92 Å². The van der Waals surface area contributed by atoms with Gasteiger partial charge in [0.2, 0.25) is 0 Å². The van der Waals surface area contributed by atoms with Crippen LogP contribution in [0.5, 0.6) is 0 Å². The summed E-state index contributed by atoms with van der Waals surface area (Å²) in [6.45, 7) is 2.57. The largest absolute Gasteiger partial charge is 0.481 e. The number of halogens is 5.